The largest absolute Gasteiger partial charge is 0.310 e. The zero-order chi connectivity index (χ0) is 11.3. The third-order valence-corrected chi connectivity index (χ3v) is 4.08. The molecule has 1 rings (SSSR count). The lowest BCUT2D eigenvalue weighted by atomic mass is 10.1. The van der Waals surface area contributed by atoms with Crippen molar-refractivity contribution in [2.75, 3.05) is 27.2 Å². The molecule has 0 saturated carbocycles. The van der Waals surface area contributed by atoms with Gasteiger partial charge < -0.3 is 10.2 Å². The summed E-state index contributed by atoms with van der Waals surface area (Å²) >= 11 is 5.35. The molecule has 1 unspecified atom stereocenters. The fraction of sp³-hybridized carbons (Fsp3) is 0.636. The van der Waals surface area contributed by atoms with Crippen molar-refractivity contribution in [3.8, 4) is 0 Å². The highest BCUT2D eigenvalue weighted by molar-refractivity contribution is 9.10. The van der Waals surface area contributed by atoms with Crippen LogP contribution >= 0.6 is 27.3 Å². The first-order chi connectivity index (χ1) is 7.15. The lowest BCUT2D eigenvalue weighted by molar-refractivity contribution is 0.363. The van der Waals surface area contributed by atoms with Crippen molar-refractivity contribution in [2.24, 2.45) is 0 Å². The molecule has 4 heteroatoms. The smallest absolute Gasteiger partial charge is 0.0351 e. The molecule has 0 spiro atoms. The SMILES string of the molecule is CCNC(CCN(C)C)c1cscc1Br. The zero-order valence-corrected chi connectivity index (χ0v) is 12.0. The molecule has 0 saturated heterocycles. The highest BCUT2D eigenvalue weighted by atomic mass is 79.9. The summed E-state index contributed by atoms with van der Waals surface area (Å²) in [7, 11) is 4.23. The van der Waals surface area contributed by atoms with Crippen molar-refractivity contribution in [1.82, 2.24) is 10.2 Å². The highest BCUT2D eigenvalue weighted by Gasteiger charge is 2.14. The normalized spacial score (nSPS) is 13.4. The van der Waals surface area contributed by atoms with E-state index in [0.29, 0.717) is 6.04 Å². The quantitative estimate of drug-likeness (QED) is 0.866. The van der Waals surface area contributed by atoms with E-state index in [1.54, 1.807) is 11.3 Å². The molecule has 1 aromatic rings. The monoisotopic (exact) mass is 290 g/mol. The molecule has 0 bridgehead atoms. The molecule has 15 heavy (non-hydrogen) atoms. The molecule has 0 radical (unpaired) electrons. The van der Waals surface area contributed by atoms with Gasteiger partial charge in [-0.15, -0.1) is 0 Å². The fourth-order valence-electron chi connectivity index (χ4n) is 1.54. The van der Waals surface area contributed by atoms with E-state index in [2.05, 4.69) is 57.9 Å². The van der Waals surface area contributed by atoms with E-state index >= 15 is 0 Å². The second-order valence-electron chi connectivity index (χ2n) is 3.88. The van der Waals surface area contributed by atoms with Crippen LogP contribution in [0.25, 0.3) is 0 Å². The number of halogens is 1. The number of rotatable bonds is 6. The lowest BCUT2D eigenvalue weighted by Gasteiger charge is -2.19. The van der Waals surface area contributed by atoms with Crippen molar-refractivity contribution in [2.45, 2.75) is 19.4 Å². The Morgan fingerprint density at radius 2 is 2.20 bits per heavy atom. The predicted molar refractivity (Wildman–Crippen MR) is 71.6 cm³/mol. The van der Waals surface area contributed by atoms with E-state index in [4.69, 9.17) is 0 Å². The Morgan fingerprint density at radius 3 is 2.67 bits per heavy atom. The molecule has 1 aromatic heterocycles. The van der Waals surface area contributed by atoms with E-state index in [1.807, 2.05) is 0 Å². The second kappa shape index (κ2) is 6.63. The maximum Gasteiger partial charge on any atom is 0.0351 e. The summed E-state index contributed by atoms with van der Waals surface area (Å²) in [5, 5.41) is 7.91. The molecule has 0 aliphatic heterocycles. The van der Waals surface area contributed by atoms with Crippen molar-refractivity contribution < 1.29 is 0 Å². The Labute approximate surface area is 105 Å². The minimum atomic E-state index is 0.470. The third kappa shape index (κ3) is 4.23. The Hall–Kier alpha value is 0.100. The summed E-state index contributed by atoms with van der Waals surface area (Å²) in [5.74, 6) is 0. The van der Waals surface area contributed by atoms with Crippen LogP contribution in [0, 0.1) is 0 Å². The van der Waals surface area contributed by atoms with Crippen LogP contribution in [0.15, 0.2) is 15.2 Å². The Bertz CT molecular complexity index is 286. The minimum Gasteiger partial charge on any atom is -0.310 e. The molecule has 1 atom stereocenters. The average molecular weight is 291 g/mol. The fourth-order valence-corrected chi connectivity index (χ4v) is 3.17. The van der Waals surface area contributed by atoms with Crippen LogP contribution < -0.4 is 5.32 Å². The molecule has 0 aromatic carbocycles. The van der Waals surface area contributed by atoms with Crippen LogP contribution in [-0.2, 0) is 0 Å². The molecule has 1 heterocycles. The number of hydrogen-bond donors (Lipinski definition) is 1. The third-order valence-electron chi connectivity index (χ3n) is 2.33. The topological polar surface area (TPSA) is 15.3 Å². The van der Waals surface area contributed by atoms with Gasteiger partial charge in [-0.25, -0.2) is 0 Å². The molecule has 1 N–H and O–H groups in total. The first-order valence-electron chi connectivity index (χ1n) is 5.24. The Balaban J connectivity index is 2.61. The lowest BCUT2D eigenvalue weighted by Crippen LogP contribution is -2.25. The van der Waals surface area contributed by atoms with Gasteiger partial charge in [0.2, 0.25) is 0 Å². The van der Waals surface area contributed by atoms with Crippen LogP contribution in [0.2, 0.25) is 0 Å². The summed E-state index contributed by atoms with van der Waals surface area (Å²) in [6.07, 6.45) is 1.15. The van der Waals surface area contributed by atoms with Crippen molar-refractivity contribution in [3.63, 3.8) is 0 Å². The van der Waals surface area contributed by atoms with E-state index in [-0.39, 0.29) is 0 Å². The van der Waals surface area contributed by atoms with Crippen LogP contribution in [0.3, 0.4) is 0 Å². The second-order valence-corrected chi connectivity index (χ2v) is 5.48. The number of hydrogen-bond acceptors (Lipinski definition) is 3. The van der Waals surface area contributed by atoms with Crippen LogP contribution in [-0.4, -0.2) is 32.1 Å². The van der Waals surface area contributed by atoms with Gasteiger partial charge in [0, 0.05) is 15.9 Å². The first-order valence-corrected chi connectivity index (χ1v) is 6.98. The summed E-state index contributed by atoms with van der Waals surface area (Å²) in [4.78, 5) is 2.23. The van der Waals surface area contributed by atoms with E-state index < -0.39 is 0 Å². The van der Waals surface area contributed by atoms with Gasteiger partial charge in [0.05, 0.1) is 0 Å². The highest BCUT2D eigenvalue weighted by Crippen LogP contribution is 2.29. The molecular formula is C11H19BrN2S. The number of nitrogens with zero attached hydrogens (tertiary/aromatic N) is 1. The average Bonchev–Trinajstić information content (AvgIpc) is 2.59. The van der Waals surface area contributed by atoms with Gasteiger partial charge in [0.1, 0.15) is 0 Å². The minimum absolute atomic E-state index is 0.470. The Kier molecular flexibility index (Phi) is 5.82. The van der Waals surface area contributed by atoms with Gasteiger partial charge >= 0.3 is 0 Å². The molecule has 0 fully saturated rings. The van der Waals surface area contributed by atoms with Gasteiger partial charge in [-0.05, 0) is 60.5 Å². The van der Waals surface area contributed by atoms with Crippen molar-refractivity contribution in [1.29, 1.82) is 0 Å². The van der Waals surface area contributed by atoms with E-state index in [1.165, 1.54) is 10.0 Å². The number of nitrogens with one attached hydrogen (secondary N) is 1. The zero-order valence-electron chi connectivity index (χ0n) is 9.59. The van der Waals surface area contributed by atoms with Crippen LogP contribution in [0.1, 0.15) is 24.9 Å². The summed E-state index contributed by atoms with van der Waals surface area (Å²) < 4.78 is 1.23. The van der Waals surface area contributed by atoms with Crippen molar-refractivity contribution in [3.05, 3.63) is 20.8 Å². The molecule has 2 nitrogen and oxygen atoms in total. The number of thiophene rings is 1. The van der Waals surface area contributed by atoms with Gasteiger partial charge in [0.25, 0.3) is 0 Å². The van der Waals surface area contributed by atoms with Gasteiger partial charge in [-0.2, -0.15) is 11.3 Å². The molecule has 0 amide bonds. The van der Waals surface area contributed by atoms with Crippen LogP contribution in [0.4, 0.5) is 0 Å². The molecule has 86 valence electrons. The standard InChI is InChI=1S/C11H19BrN2S/c1-4-13-11(5-6-14(2)3)9-7-15-8-10(9)12/h7-8,11,13H,4-6H2,1-3H3. The van der Waals surface area contributed by atoms with Crippen LogP contribution in [0.5, 0.6) is 0 Å². The van der Waals surface area contributed by atoms with Gasteiger partial charge in [-0.3, -0.25) is 0 Å². The maximum absolute atomic E-state index is 3.60. The summed E-state index contributed by atoms with van der Waals surface area (Å²) in [6.45, 7) is 4.28. The van der Waals surface area contributed by atoms with E-state index in [9.17, 15) is 0 Å². The van der Waals surface area contributed by atoms with E-state index in [0.717, 1.165) is 19.5 Å². The Morgan fingerprint density at radius 1 is 1.47 bits per heavy atom. The summed E-state index contributed by atoms with van der Waals surface area (Å²) in [6, 6.07) is 0.470. The maximum atomic E-state index is 3.60. The first kappa shape index (κ1) is 13.2. The van der Waals surface area contributed by atoms with Crippen molar-refractivity contribution >= 4 is 27.3 Å². The molecule has 0 aliphatic rings. The molecular weight excluding hydrogens is 272 g/mol. The summed E-state index contributed by atoms with van der Waals surface area (Å²) in [5.41, 5.74) is 1.39. The predicted octanol–water partition coefficient (Wildman–Crippen LogP) is 3.11. The molecule has 0 aliphatic carbocycles. The van der Waals surface area contributed by atoms with Gasteiger partial charge in [0.15, 0.2) is 0 Å². The van der Waals surface area contributed by atoms with Gasteiger partial charge in [-0.1, -0.05) is 6.92 Å².